The number of hydrogen-bond acceptors (Lipinski definition) is 5. The topological polar surface area (TPSA) is 74.5 Å². The first kappa shape index (κ1) is 13.1. The predicted molar refractivity (Wildman–Crippen MR) is 72.7 cm³/mol. The fourth-order valence-electron chi connectivity index (χ4n) is 2.03. The SMILES string of the molecule is N#Cc1ccc(NCc2cc3c(cc2O)OCO3)c(F)c1. The number of fused-ring (bicyclic) bond motifs is 1. The lowest BCUT2D eigenvalue weighted by atomic mass is 10.1. The number of anilines is 1. The van der Waals surface area contributed by atoms with Gasteiger partial charge in [0.05, 0.1) is 17.3 Å². The standard InChI is InChI=1S/C15H11FN2O3/c16-11-3-9(6-17)1-2-12(11)18-7-10-4-14-15(5-13(10)19)21-8-20-14/h1-5,18-19H,7-8H2. The van der Waals surface area contributed by atoms with Crippen molar-refractivity contribution in [3.05, 3.63) is 47.3 Å². The second kappa shape index (κ2) is 5.21. The van der Waals surface area contributed by atoms with Crippen molar-refractivity contribution in [1.82, 2.24) is 0 Å². The zero-order valence-corrected chi connectivity index (χ0v) is 10.9. The molecule has 0 saturated carbocycles. The van der Waals surface area contributed by atoms with Crippen molar-refractivity contribution in [1.29, 1.82) is 5.26 Å². The second-order valence-corrected chi connectivity index (χ2v) is 4.49. The fourth-order valence-corrected chi connectivity index (χ4v) is 2.03. The summed E-state index contributed by atoms with van der Waals surface area (Å²) in [4.78, 5) is 0. The molecule has 0 unspecified atom stereocenters. The molecule has 21 heavy (non-hydrogen) atoms. The molecule has 0 amide bonds. The molecule has 0 bridgehead atoms. The number of aromatic hydroxyl groups is 1. The molecule has 0 aliphatic carbocycles. The van der Waals surface area contributed by atoms with Crippen LogP contribution in [0, 0.1) is 17.1 Å². The van der Waals surface area contributed by atoms with Crippen molar-refractivity contribution in [2.75, 3.05) is 12.1 Å². The van der Waals surface area contributed by atoms with Crippen LogP contribution in [0.4, 0.5) is 10.1 Å². The van der Waals surface area contributed by atoms with E-state index in [4.69, 9.17) is 14.7 Å². The normalized spacial score (nSPS) is 12.0. The molecule has 0 radical (unpaired) electrons. The first-order chi connectivity index (χ1) is 10.2. The maximum Gasteiger partial charge on any atom is 0.231 e. The van der Waals surface area contributed by atoms with Crippen LogP contribution in [0.1, 0.15) is 11.1 Å². The summed E-state index contributed by atoms with van der Waals surface area (Å²) in [6, 6.07) is 9.14. The quantitative estimate of drug-likeness (QED) is 0.907. The van der Waals surface area contributed by atoms with Crippen molar-refractivity contribution in [3.63, 3.8) is 0 Å². The molecule has 5 nitrogen and oxygen atoms in total. The van der Waals surface area contributed by atoms with Crippen molar-refractivity contribution in [2.24, 2.45) is 0 Å². The van der Waals surface area contributed by atoms with Crippen molar-refractivity contribution < 1.29 is 19.0 Å². The van der Waals surface area contributed by atoms with E-state index < -0.39 is 5.82 Å². The monoisotopic (exact) mass is 286 g/mol. The van der Waals surface area contributed by atoms with Crippen LogP contribution in [0.3, 0.4) is 0 Å². The largest absolute Gasteiger partial charge is 0.507 e. The maximum atomic E-state index is 13.7. The Morgan fingerprint density at radius 1 is 1.24 bits per heavy atom. The molecule has 0 spiro atoms. The molecule has 0 fully saturated rings. The molecule has 1 aliphatic heterocycles. The van der Waals surface area contributed by atoms with Gasteiger partial charge < -0.3 is 19.9 Å². The molecule has 2 aromatic rings. The van der Waals surface area contributed by atoms with E-state index in [-0.39, 0.29) is 30.3 Å². The van der Waals surface area contributed by atoms with E-state index >= 15 is 0 Å². The number of nitriles is 1. The molecular weight excluding hydrogens is 275 g/mol. The van der Waals surface area contributed by atoms with Crippen LogP contribution >= 0.6 is 0 Å². The number of nitrogens with zero attached hydrogens (tertiary/aromatic N) is 1. The van der Waals surface area contributed by atoms with Gasteiger partial charge in [0.15, 0.2) is 11.5 Å². The van der Waals surface area contributed by atoms with E-state index in [0.717, 1.165) is 6.07 Å². The predicted octanol–water partition coefficient (Wildman–Crippen LogP) is 2.74. The molecule has 3 rings (SSSR count). The Morgan fingerprint density at radius 3 is 2.71 bits per heavy atom. The van der Waals surface area contributed by atoms with Crippen molar-refractivity contribution in [3.8, 4) is 23.3 Å². The zero-order valence-electron chi connectivity index (χ0n) is 10.9. The van der Waals surface area contributed by atoms with Crippen molar-refractivity contribution >= 4 is 5.69 Å². The van der Waals surface area contributed by atoms with Gasteiger partial charge in [-0.2, -0.15) is 5.26 Å². The molecule has 0 atom stereocenters. The van der Waals surface area contributed by atoms with Crippen LogP contribution in [0.5, 0.6) is 17.2 Å². The molecular formula is C15H11FN2O3. The number of ether oxygens (including phenoxy) is 2. The summed E-state index contributed by atoms with van der Waals surface area (Å²) in [7, 11) is 0. The van der Waals surface area contributed by atoms with E-state index in [2.05, 4.69) is 5.32 Å². The van der Waals surface area contributed by atoms with Gasteiger partial charge in [0.2, 0.25) is 6.79 Å². The van der Waals surface area contributed by atoms with Gasteiger partial charge in [-0.15, -0.1) is 0 Å². The van der Waals surface area contributed by atoms with Crippen molar-refractivity contribution in [2.45, 2.75) is 6.54 Å². The van der Waals surface area contributed by atoms with Crippen LogP contribution < -0.4 is 14.8 Å². The van der Waals surface area contributed by atoms with Gasteiger partial charge in [-0.3, -0.25) is 0 Å². The third kappa shape index (κ3) is 2.54. The van der Waals surface area contributed by atoms with E-state index in [1.807, 2.05) is 6.07 Å². The Labute approximate surface area is 120 Å². The van der Waals surface area contributed by atoms with E-state index in [1.165, 1.54) is 18.2 Å². The summed E-state index contributed by atoms with van der Waals surface area (Å²) in [5.74, 6) is 0.556. The minimum absolute atomic E-state index is 0.0424. The number of benzene rings is 2. The van der Waals surface area contributed by atoms with Crippen LogP contribution in [0.25, 0.3) is 0 Å². The van der Waals surface area contributed by atoms with E-state index in [9.17, 15) is 9.50 Å². The highest BCUT2D eigenvalue weighted by Crippen LogP contribution is 2.37. The van der Waals surface area contributed by atoms with Crippen LogP contribution in [0.2, 0.25) is 0 Å². The minimum Gasteiger partial charge on any atom is -0.507 e. The molecule has 1 aliphatic rings. The fraction of sp³-hybridized carbons (Fsp3) is 0.133. The van der Waals surface area contributed by atoms with Gasteiger partial charge in [-0.1, -0.05) is 0 Å². The Kier molecular flexibility index (Phi) is 3.24. The zero-order chi connectivity index (χ0) is 14.8. The molecule has 2 aromatic carbocycles. The lowest BCUT2D eigenvalue weighted by Gasteiger charge is -2.10. The molecule has 0 saturated heterocycles. The minimum atomic E-state index is -0.519. The first-order valence-electron chi connectivity index (χ1n) is 6.22. The summed E-state index contributed by atoms with van der Waals surface area (Å²) >= 11 is 0. The van der Waals surface area contributed by atoms with Crippen LogP contribution in [-0.2, 0) is 6.54 Å². The highest BCUT2D eigenvalue weighted by Gasteiger charge is 2.17. The summed E-state index contributed by atoms with van der Waals surface area (Å²) < 4.78 is 24.1. The highest BCUT2D eigenvalue weighted by molar-refractivity contribution is 5.54. The van der Waals surface area contributed by atoms with Gasteiger partial charge in [-0.25, -0.2) is 4.39 Å². The average molecular weight is 286 g/mol. The van der Waals surface area contributed by atoms with E-state index in [1.54, 1.807) is 6.07 Å². The Balaban J connectivity index is 1.78. The summed E-state index contributed by atoms with van der Waals surface area (Å²) in [5.41, 5.74) is 1.07. The third-order valence-corrected chi connectivity index (χ3v) is 3.14. The Morgan fingerprint density at radius 2 is 2.00 bits per heavy atom. The van der Waals surface area contributed by atoms with Gasteiger partial charge in [-0.05, 0) is 24.3 Å². The Hall–Kier alpha value is -2.94. The number of rotatable bonds is 3. The van der Waals surface area contributed by atoms with Crippen LogP contribution in [-0.4, -0.2) is 11.9 Å². The smallest absolute Gasteiger partial charge is 0.231 e. The number of hydrogen-bond donors (Lipinski definition) is 2. The molecule has 106 valence electrons. The number of phenols is 1. The summed E-state index contributed by atoms with van der Waals surface area (Å²) in [5, 5.41) is 21.5. The van der Waals surface area contributed by atoms with E-state index in [0.29, 0.717) is 17.1 Å². The van der Waals surface area contributed by atoms with Gasteiger partial charge >= 0.3 is 0 Å². The molecule has 1 heterocycles. The van der Waals surface area contributed by atoms with Gasteiger partial charge in [0, 0.05) is 18.2 Å². The molecule has 6 heteroatoms. The lowest BCUT2D eigenvalue weighted by Crippen LogP contribution is -2.02. The average Bonchev–Trinajstić information content (AvgIpc) is 2.92. The molecule has 0 aromatic heterocycles. The third-order valence-electron chi connectivity index (χ3n) is 3.14. The number of phenolic OH excluding ortho intramolecular Hbond substituents is 1. The second-order valence-electron chi connectivity index (χ2n) is 4.49. The highest BCUT2D eigenvalue weighted by atomic mass is 19.1. The summed E-state index contributed by atoms with van der Waals surface area (Å²) in [6.45, 7) is 0.335. The van der Waals surface area contributed by atoms with Gasteiger partial charge in [0.25, 0.3) is 0 Å². The first-order valence-corrected chi connectivity index (χ1v) is 6.22. The Bertz CT molecular complexity index is 740. The number of halogens is 1. The summed E-state index contributed by atoms with van der Waals surface area (Å²) in [6.07, 6.45) is 0. The maximum absolute atomic E-state index is 13.7. The molecule has 2 N–H and O–H groups in total. The number of nitrogens with one attached hydrogen (secondary N) is 1. The lowest BCUT2D eigenvalue weighted by molar-refractivity contribution is 0.174. The van der Waals surface area contributed by atoms with Crippen LogP contribution in [0.15, 0.2) is 30.3 Å². The van der Waals surface area contributed by atoms with Gasteiger partial charge in [0.1, 0.15) is 11.6 Å².